The maximum absolute atomic E-state index is 13.3. The summed E-state index contributed by atoms with van der Waals surface area (Å²) in [5.41, 5.74) is 5.31. The van der Waals surface area contributed by atoms with Gasteiger partial charge in [0.2, 0.25) is 0 Å². The number of ether oxygens (including phenoxy) is 1. The monoisotopic (exact) mass is 585 g/mol. The molecule has 5 rings (SSSR count). The molecule has 0 unspecified atom stereocenters. The molecule has 1 fully saturated rings. The van der Waals surface area contributed by atoms with Crippen LogP contribution in [-0.4, -0.2) is 21.5 Å². The SMILES string of the molecule is Cc1cc(/C=C2\C(=O)NC(=S)N(c3ccccc3)C2=O)c(C)n1-c1ccc(OCc2ccc(Br)cc2)cc1. The summed E-state index contributed by atoms with van der Waals surface area (Å²) in [5.74, 6) is -0.200. The van der Waals surface area contributed by atoms with Crippen molar-refractivity contribution in [2.45, 2.75) is 20.5 Å². The first-order chi connectivity index (χ1) is 18.3. The number of aromatic nitrogens is 1. The van der Waals surface area contributed by atoms with Crippen LogP contribution in [0.15, 0.2) is 95.0 Å². The van der Waals surface area contributed by atoms with Crippen LogP contribution in [0.25, 0.3) is 11.8 Å². The van der Waals surface area contributed by atoms with E-state index in [0.717, 1.165) is 38.4 Å². The Hall–Kier alpha value is -4.01. The molecule has 2 heterocycles. The summed E-state index contributed by atoms with van der Waals surface area (Å²) in [6, 6.07) is 26.9. The Balaban J connectivity index is 1.39. The van der Waals surface area contributed by atoms with Crippen LogP contribution in [0.1, 0.15) is 22.5 Å². The Morgan fingerprint density at radius 3 is 2.29 bits per heavy atom. The number of benzene rings is 3. The van der Waals surface area contributed by atoms with Gasteiger partial charge in [-0.05, 0) is 97.9 Å². The van der Waals surface area contributed by atoms with Crippen LogP contribution in [0.2, 0.25) is 0 Å². The molecular formula is C30H24BrN3O3S. The lowest BCUT2D eigenvalue weighted by atomic mass is 10.1. The molecule has 0 radical (unpaired) electrons. The normalized spacial score (nSPS) is 14.7. The largest absolute Gasteiger partial charge is 0.489 e. The van der Waals surface area contributed by atoms with Crippen LogP contribution < -0.4 is 15.0 Å². The maximum atomic E-state index is 13.3. The number of halogens is 1. The number of carbonyl (C=O) groups excluding carboxylic acids is 2. The number of nitrogens with zero attached hydrogens (tertiary/aromatic N) is 2. The van der Waals surface area contributed by atoms with Crippen LogP contribution in [0, 0.1) is 13.8 Å². The minimum absolute atomic E-state index is 0.0272. The van der Waals surface area contributed by atoms with Gasteiger partial charge in [-0.1, -0.05) is 46.3 Å². The van der Waals surface area contributed by atoms with Gasteiger partial charge in [-0.25, -0.2) is 0 Å². The van der Waals surface area contributed by atoms with E-state index in [9.17, 15) is 9.59 Å². The number of anilines is 1. The summed E-state index contributed by atoms with van der Waals surface area (Å²) in [6.07, 6.45) is 1.63. The fraction of sp³-hybridized carbons (Fsp3) is 0.100. The number of hydrogen-bond donors (Lipinski definition) is 1. The summed E-state index contributed by atoms with van der Waals surface area (Å²) in [6.45, 7) is 4.43. The first kappa shape index (κ1) is 25.6. The molecule has 0 saturated carbocycles. The van der Waals surface area contributed by atoms with Gasteiger partial charge in [0.15, 0.2) is 5.11 Å². The zero-order chi connectivity index (χ0) is 26.8. The van der Waals surface area contributed by atoms with E-state index in [0.29, 0.717) is 12.3 Å². The lowest BCUT2D eigenvalue weighted by Crippen LogP contribution is -2.54. The van der Waals surface area contributed by atoms with Gasteiger partial charge in [0, 0.05) is 21.5 Å². The number of hydrogen-bond acceptors (Lipinski definition) is 4. The Bertz CT molecular complexity index is 1560. The van der Waals surface area contributed by atoms with E-state index in [-0.39, 0.29) is 10.7 Å². The summed E-state index contributed by atoms with van der Waals surface area (Å²) in [4.78, 5) is 27.4. The highest BCUT2D eigenvalue weighted by Crippen LogP contribution is 2.27. The van der Waals surface area contributed by atoms with Crippen LogP contribution in [-0.2, 0) is 16.2 Å². The van der Waals surface area contributed by atoms with E-state index >= 15 is 0 Å². The first-order valence-electron chi connectivity index (χ1n) is 11.9. The van der Waals surface area contributed by atoms with Gasteiger partial charge in [0.25, 0.3) is 11.8 Å². The lowest BCUT2D eigenvalue weighted by Gasteiger charge is -2.28. The average Bonchev–Trinajstić information content (AvgIpc) is 3.19. The second kappa shape index (κ2) is 10.8. The summed E-state index contributed by atoms with van der Waals surface area (Å²) < 4.78 is 9.05. The van der Waals surface area contributed by atoms with Crippen LogP contribution in [0.5, 0.6) is 5.75 Å². The van der Waals surface area contributed by atoms with Crippen molar-refractivity contribution < 1.29 is 14.3 Å². The molecule has 0 aliphatic carbocycles. The molecule has 6 nitrogen and oxygen atoms in total. The third-order valence-corrected chi connectivity index (χ3v) is 7.11. The van der Waals surface area contributed by atoms with E-state index in [4.69, 9.17) is 17.0 Å². The van der Waals surface area contributed by atoms with Crippen molar-refractivity contribution in [3.63, 3.8) is 0 Å². The van der Waals surface area contributed by atoms with Gasteiger partial charge >= 0.3 is 0 Å². The summed E-state index contributed by atoms with van der Waals surface area (Å²) >= 11 is 8.73. The zero-order valence-corrected chi connectivity index (χ0v) is 23.2. The van der Waals surface area contributed by atoms with Gasteiger partial charge in [-0.15, -0.1) is 0 Å². The molecule has 8 heteroatoms. The van der Waals surface area contributed by atoms with Gasteiger partial charge in [-0.2, -0.15) is 0 Å². The van der Waals surface area contributed by atoms with Gasteiger partial charge in [0.05, 0.1) is 5.69 Å². The van der Waals surface area contributed by atoms with E-state index in [1.54, 1.807) is 18.2 Å². The number of thiocarbonyl (C=S) groups is 1. The molecule has 1 N–H and O–H groups in total. The van der Waals surface area contributed by atoms with E-state index in [1.807, 2.05) is 86.6 Å². The Morgan fingerprint density at radius 2 is 1.61 bits per heavy atom. The molecule has 1 aliphatic rings. The molecule has 1 aromatic heterocycles. The van der Waals surface area contributed by atoms with Crippen molar-refractivity contribution in [3.05, 3.63) is 117 Å². The third-order valence-electron chi connectivity index (χ3n) is 6.30. The minimum Gasteiger partial charge on any atom is -0.489 e. The predicted molar refractivity (Wildman–Crippen MR) is 156 cm³/mol. The molecule has 38 heavy (non-hydrogen) atoms. The Labute approximate surface area is 234 Å². The fourth-order valence-electron chi connectivity index (χ4n) is 4.39. The molecule has 4 aromatic rings. The molecule has 3 aromatic carbocycles. The zero-order valence-electron chi connectivity index (χ0n) is 20.8. The second-order valence-electron chi connectivity index (χ2n) is 8.86. The Kier molecular flexibility index (Phi) is 7.26. The Morgan fingerprint density at radius 1 is 0.921 bits per heavy atom. The van der Waals surface area contributed by atoms with Crippen molar-refractivity contribution >= 4 is 56.8 Å². The van der Waals surface area contributed by atoms with E-state index < -0.39 is 11.8 Å². The molecule has 190 valence electrons. The standard InChI is InChI=1S/C30H24BrN3O3S/c1-19-16-22(17-27-28(35)32-30(38)34(29(27)36)24-6-4-3-5-7-24)20(2)33(19)25-12-14-26(15-13-25)37-18-21-8-10-23(31)11-9-21/h3-17H,18H2,1-2H3,(H,32,35,38)/b27-17+. The highest BCUT2D eigenvalue weighted by atomic mass is 79.9. The molecule has 1 aliphatic heterocycles. The number of amides is 2. The van der Waals surface area contributed by atoms with E-state index in [2.05, 4.69) is 25.8 Å². The van der Waals surface area contributed by atoms with Crippen molar-refractivity contribution in [1.29, 1.82) is 0 Å². The van der Waals surface area contributed by atoms with Crippen molar-refractivity contribution in [1.82, 2.24) is 9.88 Å². The smallest absolute Gasteiger partial charge is 0.270 e. The predicted octanol–water partition coefficient (Wildman–Crippen LogP) is 6.27. The molecule has 1 saturated heterocycles. The third kappa shape index (κ3) is 5.18. The highest BCUT2D eigenvalue weighted by molar-refractivity contribution is 9.10. The minimum atomic E-state index is -0.510. The molecule has 0 atom stereocenters. The molecule has 2 amide bonds. The maximum Gasteiger partial charge on any atom is 0.270 e. The number of aryl methyl sites for hydroxylation is 1. The summed E-state index contributed by atoms with van der Waals surface area (Å²) in [7, 11) is 0. The van der Waals surface area contributed by atoms with E-state index in [1.165, 1.54) is 4.90 Å². The number of nitrogens with one attached hydrogen (secondary N) is 1. The lowest BCUT2D eigenvalue weighted by molar-refractivity contribution is -0.122. The van der Waals surface area contributed by atoms with Gasteiger partial charge in [0.1, 0.15) is 17.9 Å². The van der Waals surface area contributed by atoms with Crippen molar-refractivity contribution in [2.24, 2.45) is 0 Å². The molecule has 0 spiro atoms. The van der Waals surface area contributed by atoms with Crippen LogP contribution in [0.3, 0.4) is 0 Å². The molecular weight excluding hydrogens is 562 g/mol. The second-order valence-corrected chi connectivity index (χ2v) is 10.2. The quantitative estimate of drug-likeness (QED) is 0.165. The number of carbonyl (C=O) groups is 2. The van der Waals surface area contributed by atoms with Crippen molar-refractivity contribution in [3.8, 4) is 11.4 Å². The first-order valence-corrected chi connectivity index (χ1v) is 13.1. The fourth-order valence-corrected chi connectivity index (χ4v) is 4.94. The average molecular weight is 587 g/mol. The number of para-hydroxylation sites is 1. The summed E-state index contributed by atoms with van der Waals surface area (Å²) in [5, 5.41) is 2.71. The van der Waals surface area contributed by atoms with Crippen LogP contribution >= 0.6 is 28.1 Å². The molecule has 0 bridgehead atoms. The van der Waals surface area contributed by atoms with Crippen molar-refractivity contribution in [2.75, 3.05) is 4.90 Å². The van der Waals surface area contributed by atoms with Crippen LogP contribution in [0.4, 0.5) is 5.69 Å². The highest BCUT2D eigenvalue weighted by Gasteiger charge is 2.34. The van der Waals surface area contributed by atoms with Gasteiger partial charge < -0.3 is 9.30 Å². The van der Waals surface area contributed by atoms with Gasteiger partial charge in [-0.3, -0.25) is 19.8 Å². The number of rotatable bonds is 6. The topological polar surface area (TPSA) is 63.6 Å².